The Morgan fingerprint density at radius 1 is 1.47 bits per heavy atom. The summed E-state index contributed by atoms with van der Waals surface area (Å²) in [6.45, 7) is 1.50. The Kier molecular flexibility index (Phi) is 3.62. The molecule has 0 saturated heterocycles. The van der Waals surface area contributed by atoms with Crippen LogP contribution >= 0.6 is 11.6 Å². The Morgan fingerprint density at radius 2 is 2.00 bits per heavy atom. The number of benzene rings is 1. The van der Waals surface area contributed by atoms with Crippen LogP contribution in [0.5, 0.6) is 5.75 Å². The normalized spacial score (nSPS) is 11.9. The number of hydrogen-bond donors (Lipinski definition) is 0. The molecular formula is C9H8ClNO4. The molecule has 6 heteroatoms. The van der Waals surface area contributed by atoms with Crippen LogP contribution < -0.4 is 4.74 Å². The lowest BCUT2D eigenvalue weighted by Crippen LogP contribution is -2.18. The second kappa shape index (κ2) is 4.75. The van der Waals surface area contributed by atoms with Crippen molar-refractivity contribution in [1.29, 1.82) is 0 Å². The quantitative estimate of drug-likeness (QED) is 0.451. The zero-order valence-corrected chi connectivity index (χ0v) is 8.60. The van der Waals surface area contributed by atoms with E-state index in [9.17, 15) is 14.9 Å². The van der Waals surface area contributed by atoms with Gasteiger partial charge in [-0.2, -0.15) is 0 Å². The standard InChI is InChI=1S/C9H8ClNO4/c1-6(9(10)12)15-8-4-2-7(3-5-8)11(13)14/h2-6H,1H3/t6-/m0/s1. The summed E-state index contributed by atoms with van der Waals surface area (Å²) in [5.74, 6) is 0.363. The molecule has 0 spiro atoms. The van der Waals surface area contributed by atoms with E-state index in [2.05, 4.69) is 0 Å². The molecule has 0 unspecified atom stereocenters. The lowest BCUT2D eigenvalue weighted by atomic mass is 10.3. The van der Waals surface area contributed by atoms with E-state index in [-0.39, 0.29) is 5.69 Å². The highest BCUT2D eigenvalue weighted by Crippen LogP contribution is 2.18. The van der Waals surface area contributed by atoms with Crippen molar-refractivity contribution in [2.24, 2.45) is 0 Å². The molecule has 15 heavy (non-hydrogen) atoms. The lowest BCUT2D eigenvalue weighted by Gasteiger charge is -2.09. The van der Waals surface area contributed by atoms with Gasteiger partial charge in [-0.05, 0) is 30.7 Å². The van der Waals surface area contributed by atoms with Gasteiger partial charge >= 0.3 is 0 Å². The van der Waals surface area contributed by atoms with Gasteiger partial charge in [0.1, 0.15) is 5.75 Å². The van der Waals surface area contributed by atoms with E-state index in [1.807, 2.05) is 0 Å². The minimum absolute atomic E-state index is 0.0350. The Bertz CT molecular complexity index is 376. The molecule has 0 amide bonds. The van der Waals surface area contributed by atoms with E-state index in [0.717, 1.165) is 0 Å². The monoisotopic (exact) mass is 229 g/mol. The maximum atomic E-state index is 10.7. The van der Waals surface area contributed by atoms with Crippen LogP contribution in [0.4, 0.5) is 5.69 Å². The SMILES string of the molecule is C[C@H](Oc1ccc([N+](=O)[O-])cc1)C(=O)Cl. The summed E-state index contributed by atoms with van der Waals surface area (Å²) in [5, 5.41) is 9.71. The van der Waals surface area contributed by atoms with E-state index in [4.69, 9.17) is 16.3 Å². The Balaban J connectivity index is 2.72. The van der Waals surface area contributed by atoms with Gasteiger partial charge in [0, 0.05) is 12.1 Å². The van der Waals surface area contributed by atoms with Crippen LogP contribution in [0, 0.1) is 10.1 Å². The molecule has 1 aromatic rings. The minimum Gasteiger partial charge on any atom is -0.482 e. The summed E-state index contributed by atoms with van der Waals surface area (Å²) in [5.41, 5.74) is -0.0350. The molecule has 5 nitrogen and oxygen atoms in total. The van der Waals surface area contributed by atoms with Crippen LogP contribution in [0.3, 0.4) is 0 Å². The van der Waals surface area contributed by atoms with Crippen molar-refractivity contribution < 1.29 is 14.5 Å². The molecule has 80 valence electrons. The third kappa shape index (κ3) is 3.21. The summed E-state index contributed by atoms with van der Waals surface area (Å²) in [6.07, 6.45) is -0.770. The lowest BCUT2D eigenvalue weighted by molar-refractivity contribution is -0.384. The third-order valence-electron chi connectivity index (χ3n) is 1.68. The van der Waals surface area contributed by atoms with E-state index >= 15 is 0 Å². The molecule has 0 aliphatic heterocycles. The predicted octanol–water partition coefficient (Wildman–Crippen LogP) is 2.13. The van der Waals surface area contributed by atoms with Crippen LogP contribution in [0.1, 0.15) is 6.92 Å². The van der Waals surface area contributed by atoms with E-state index in [1.54, 1.807) is 0 Å². The van der Waals surface area contributed by atoms with Gasteiger partial charge in [-0.1, -0.05) is 0 Å². The first-order chi connectivity index (χ1) is 7.00. The first-order valence-corrected chi connectivity index (χ1v) is 4.49. The smallest absolute Gasteiger partial charge is 0.269 e. The maximum Gasteiger partial charge on any atom is 0.269 e. The molecule has 0 fully saturated rings. The van der Waals surface area contributed by atoms with Crippen LogP contribution in [0.15, 0.2) is 24.3 Å². The number of non-ortho nitro benzene ring substituents is 1. The first-order valence-electron chi connectivity index (χ1n) is 4.11. The van der Waals surface area contributed by atoms with Crippen LogP contribution in [-0.4, -0.2) is 16.3 Å². The number of hydrogen-bond acceptors (Lipinski definition) is 4. The highest BCUT2D eigenvalue weighted by atomic mass is 35.5. The molecule has 0 saturated carbocycles. The molecule has 0 N–H and O–H groups in total. The number of halogens is 1. The molecule has 0 heterocycles. The van der Waals surface area contributed by atoms with Crippen LogP contribution in [-0.2, 0) is 4.79 Å². The highest BCUT2D eigenvalue weighted by molar-refractivity contribution is 6.64. The van der Waals surface area contributed by atoms with Gasteiger partial charge in [0.2, 0.25) is 0 Å². The third-order valence-corrected chi connectivity index (χ3v) is 1.99. The molecule has 0 aliphatic carbocycles. The van der Waals surface area contributed by atoms with Gasteiger partial charge in [0.05, 0.1) is 4.92 Å². The molecular weight excluding hydrogens is 222 g/mol. The fourth-order valence-electron chi connectivity index (χ4n) is 0.897. The topological polar surface area (TPSA) is 69.4 Å². The molecule has 0 radical (unpaired) electrons. The number of nitrogens with zero attached hydrogens (tertiary/aromatic N) is 1. The number of rotatable bonds is 4. The van der Waals surface area contributed by atoms with Gasteiger partial charge in [0.25, 0.3) is 10.9 Å². The van der Waals surface area contributed by atoms with E-state index in [0.29, 0.717) is 5.75 Å². The fourth-order valence-corrected chi connectivity index (χ4v) is 0.941. The second-order valence-corrected chi connectivity index (χ2v) is 3.19. The molecule has 1 aromatic carbocycles. The van der Waals surface area contributed by atoms with Gasteiger partial charge in [-0.25, -0.2) is 0 Å². The Hall–Kier alpha value is -1.62. The van der Waals surface area contributed by atoms with Crippen molar-refractivity contribution in [3.05, 3.63) is 34.4 Å². The number of nitro groups is 1. The van der Waals surface area contributed by atoms with E-state index < -0.39 is 16.3 Å². The maximum absolute atomic E-state index is 10.7. The molecule has 0 aromatic heterocycles. The zero-order valence-electron chi connectivity index (χ0n) is 7.84. The summed E-state index contributed by atoms with van der Waals surface area (Å²) >= 11 is 5.19. The van der Waals surface area contributed by atoms with Gasteiger partial charge in [-0.15, -0.1) is 0 Å². The molecule has 1 rings (SSSR count). The van der Waals surface area contributed by atoms with Crippen molar-refractivity contribution in [1.82, 2.24) is 0 Å². The first kappa shape index (κ1) is 11.5. The predicted molar refractivity (Wildman–Crippen MR) is 54.0 cm³/mol. The summed E-state index contributed by atoms with van der Waals surface area (Å²) < 4.78 is 5.11. The summed E-state index contributed by atoms with van der Waals surface area (Å²) in [6, 6.07) is 5.41. The number of carbonyl (C=O) groups is 1. The average molecular weight is 230 g/mol. The molecule has 1 atom stereocenters. The molecule has 0 bridgehead atoms. The van der Waals surface area contributed by atoms with Crippen molar-refractivity contribution >= 4 is 22.5 Å². The van der Waals surface area contributed by atoms with Crippen molar-refractivity contribution in [3.8, 4) is 5.75 Å². The van der Waals surface area contributed by atoms with Crippen molar-refractivity contribution in [2.75, 3.05) is 0 Å². The van der Waals surface area contributed by atoms with Gasteiger partial charge in [-0.3, -0.25) is 14.9 Å². The summed E-state index contributed by atoms with van der Waals surface area (Å²) in [4.78, 5) is 20.5. The molecule has 0 aliphatic rings. The average Bonchev–Trinajstić information content (AvgIpc) is 2.18. The Morgan fingerprint density at radius 3 is 2.40 bits per heavy atom. The number of ether oxygens (including phenoxy) is 1. The Labute approximate surface area is 90.8 Å². The van der Waals surface area contributed by atoms with Crippen molar-refractivity contribution in [2.45, 2.75) is 13.0 Å². The largest absolute Gasteiger partial charge is 0.482 e. The van der Waals surface area contributed by atoms with E-state index in [1.165, 1.54) is 31.2 Å². The van der Waals surface area contributed by atoms with Gasteiger partial charge < -0.3 is 4.74 Å². The zero-order chi connectivity index (χ0) is 11.4. The second-order valence-electron chi connectivity index (χ2n) is 2.82. The van der Waals surface area contributed by atoms with Crippen LogP contribution in [0.2, 0.25) is 0 Å². The summed E-state index contributed by atoms with van der Waals surface area (Å²) in [7, 11) is 0. The van der Waals surface area contributed by atoms with Crippen molar-refractivity contribution in [3.63, 3.8) is 0 Å². The number of carbonyl (C=O) groups excluding carboxylic acids is 1. The number of nitro benzene ring substituents is 1. The van der Waals surface area contributed by atoms with Gasteiger partial charge in [0.15, 0.2) is 6.10 Å². The van der Waals surface area contributed by atoms with Crippen LogP contribution in [0.25, 0.3) is 0 Å². The highest BCUT2D eigenvalue weighted by Gasteiger charge is 2.12. The minimum atomic E-state index is -0.770. The fraction of sp³-hybridized carbons (Fsp3) is 0.222.